The highest BCUT2D eigenvalue weighted by Gasteiger charge is 2.10. The van der Waals surface area contributed by atoms with Gasteiger partial charge in [-0.1, -0.05) is 82.2 Å². The van der Waals surface area contributed by atoms with Crippen molar-refractivity contribution in [2.45, 2.75) is 34.6 Å². The second-order valence-corrected chi connectivity index (χ2v) is 8.96. The molecule has 0 heterocycles. The van der Waals surface area contributed by atoms with E-state index in [9.17, 15) is 5.11 Å². The molecule has 1 nitrogen and oxygen atoms in total. The summed E-state index contributed by atoms with van der Waals surface area (Å²) in [4.78, 5) is 0. The molecule has 0 aliphatic heterocycles. The Labute approximate surface area is 194 Å². The number of halogens is 1. The number of hydrogen-bond donors (Lipinski definition) is 1. The maximum Gasteiger partial charge on any atom is 0.118 e. The van der Waals surface area contributed by atoms with Crippen LogP contribution in [0.2, 0.25) is 0 Å². The largest absolute Gasteiger partial charge is 0.508 e. The van der Waals surface area contributed by atoms with Gasteiger partial charge in [0.1, 0.15) is 5.75 Å². The summed E-state index contributed by atoms with van der Waals surface area (Å²) in [7, 11) is 0. The Hall–Kier alpha value is -2.84. The zero-order valence-electron chi connectivity index (χ0n) is 18.8. The highest BCUT2D eigenvalue weighted by atomic mass is 79.9. The Morgan fingerprint density at radius 2 is 1.10 bits per heavy atom. The molecular formula is C29H29BrO. The summed E-state index contributed by atoms with van der Waals surface area (Å²) in [5, 5.41) is 9.73. The summed E-state index contributed by atoms with van der Waals surface area (Å²) in [6.07, 6.45) is 0. The van der Waals surface area contributed by atoms with Gasteiger partial charge in [0.05, 0.1) is 0 Å². The van der Waals surface area contributed by atoms with Gasteiger partial charge in [-0.05, 0) is 97.3 Å². The number of aromatic hydroxyl groups is 1. The van der Waals surface area contributed by atoms with E-state index >= 15 is 0 Å². The Kier molecular flexibility index (Phi) is 7.35. The molecule has 4 aromatic rings. The first-order chi connectivity index (χ1) is 14.8. The molecule has 158 valence electrons. The Balaban J connectivity index is 0.000000185. The molecule has 0 aliphatic carbocycles. The van der Waals surface area contributed by atoms with Crippen LogP contribution in [0, 0.1) is 34.6 Å². The molecule has 0 radical (unpaired) electrons. The highest BCUT2D eigenvalue weighted by molar-refractivity contribution is 9.10. The number of aryl methyl sites for hydroxylation is 5. The quantitative estimate of drug-likeness (QED) is 0.309. The van der Waals surface area contributed by atoms with Crippen molar-refractivity contribution in [3.63, 3.8) is 0 Å². The van der Waals surface area contributed by atoms with Gasteiger partial charge in [0, 0.05) is 4.47 Å². The van der Waals surface area contributed by atoms with E-state index in [1.165, 1.54) is 38.9 Å². The lowest BCUT2D eigenvalue weighted by atomic mass is 9.94. The minimum atomic E-state index is 0.361. The number of hydrogen-bond acceptors (Lipinski definition) is 1. The Morgan fingerprint density at radius 1 is 0.548 bits per heavy atom. The van der Waals surface area contributed by atoms with Crippen molar-refractivity contribution in [1.29, 1.82) is 0 Å². The lowest BCUT2D eigenvalue weighted by Crippen LogP contribution is -1.91. The number of rotatable bonds is 2. The molecule has 0 bridgehead atoms. The fourth-order valence-corrected chi connectivity index (χ4v) is 3.93. The van der Waals surface area contributed by atoms with Gasteiger partial charge in [-0.25, -0.2) is 0 Å². The first kappa shape index (κ1) is 22.8. The van der Waals surface area contributed by atoms with Crippen molar-refractivity contribution in [2.75, 3.05) is 0 Å². The van der Waals surface area contributed by atoms with Crippen LogP contribution >= 0.6 is 15.9 Å². The number of phenols is 1. The van der Waals surface area contributed by atoms with Crippen LogP contribution in [-0.2, 0) is 0 Å². The smallest absolute Gasteiger partial charge is 0.118 e. The molecule has 2 heteroatoms. The fraction of sp³-hybridized carbons (Fsp3) is 0.172. The molecule has 0 fully saturated rings. The second-order valence-electron chi connectivity index (χ2n) is 8.10. The van der Waals surface area contributed by atoms with Gasteiger partial charge >= 0.3 is 0 Å². The van der Waals surface area contributed by atoms with E-state index in [1.807, 2.05) is 26.0 Å². The Morgan fingerprint density at radius 3 is 1.74 bits per heavy atom. The third kappa shape index (κ3) is 5.65. The standard InChI is InChI=1S/C16H17BrO.C13H12/c1-9-5-11(3)15(17)8-14(9)13-6-12(4)16(18)7-10(13)2;1-11-7-9-13(10-8-11)12-5-3-2-4-6-12/h5-8,18H,1-4H3;2-10H,1H3. The van der Waals surface area contributed by atoms with Gasteiger partial charge in [0.25, 0.3) is 0 Å². The molecule has 0 amide bonds. The van der Waals surface area contributed by atoms with Crippen LogP contribution in [0.1, 0.15) is 27.8 Å². The molecular weight excluding hydrogens is 444 g/mol. The summed E-state index contributed by atoms with van der Waals surface area (Å²) in [6.45, 7) is 10.3. The second kappa shape index (κ2) is 9.98. The van der Waals surface area contributed by atoms with E-state index in [0.29, 0.717) is 5.75 Å². The average molecular weight is 473 g/mol. The van der Waals surface area contributed by atoms with Crippen LogP contribution in [0.4, 0.5) is 0 Å². The highest BCUT2D eigenvalue weighted by Crippen LogP contribution is 2.34. The van der Waals surface area contributed by atoms with Crippen molar-refractivity contribution < 1.29 is 5.11 Å². The van der Waals surface area contributed by atoms with Crippen LogP contribution in [0.3, 0.4) is 0 Å². The van der Waals surface area contributed by atoms with Crippen molar-refractivity contribution in [3.05, 3.63) is 111 Å². The minimum absolute atomic E-state index is 0.361. The monoisotopic (exact) mass is 472 g/mol. The normalized spacial score (nSPS) is 10.4. The molecule has 0 atom stereocenters. The maximum atomic E-state index is 9.73. The molecule has 4 rings (SSSR count). The van der Waals surface area contributed by atoms with Gasteiger partial charge in [-0.2, -0.15) is 0 Å². The lowest BCUT2D eigenvalue weighted by molar-refractivity contribution is 0.471. The SMILES string of the molecule is Cc1cc(-c2cc(Br)c(C)cc2C)c(C)cc1O.Cc1ccc(-c2ccccc2)cc1. The van der Waals surface area contributed by atoms with Crippen molar-refractivity contribution >= 4 is 15.9 Å². The zero-order valence-corrected chi connectivity index (χ0v) is 20.4. The third-order valence-electron chi connectivity index (χ3n) is 5.50. The van der Waals surface area contributed by atoms with Crippen LogP contribution in [0.5, 0.6) is 5.75 Å². The summed E-state index contributed by atoms with van der Waals surface area (Å²) in [5.41, 5.74) is 10.8. The topological polar surface area (TPSA) is 20.2 Å². The van der Waals surface area contributed by atoms with E-state index in [1.54, 1.807) is 0 Å². The van der Waals surface area contributed by atoms with E-state index in [-0.39, 0.29) is 0 Å². The molecule has 0 aliphatic rings. The van der Waals surface area contributed by atoms with Crippen LogP contribution in [0.15, 0.2) is 83.3 Å². The molecule has 0 saturated carbocycles. The average Bonchev–Trinajstić information content (AvgIpc) is 2.75. The van der Waals surface area contributed by atoms with Crippen molar-refractivity contribution in [3.8, 4) is 28.0 Å². The zero-order chi connectivity index (χ0) is 22.5. The number of benzene rings is 4. The van der Waals surface area contributed by atoms with Crippen LogP contribution in [-0.4, -0.2) is 5.11 Å². The van der Waals surface area contributed by atoms with Crippen LogP contribution < -0.4 is 0 Å². The third-order valence-corrected chi connectivity index (χ3v) is 6.35. The predicted molar refractivity (Wildman–Crippen MR) is 137 cm³/mol. The van der Waals surface area contributed by atoms with Crippen molar-refractivity contribution in [1.82, 2.24) is 0 Å². The first-order valence-corrected chi connectivity index (χ1v) is 11.2. The van der Waals surface area contributed by atoms with Gasteiger partial charge in [0.15, 0.2) is 0 Å². The fourth-order valence-electron chi connectivity index (χ4n) is 3.58. The summed E-state index contributed by atoms with van der Waals surface area (Å²) < 4.78 is 1.12. The Bertz CT molecular complexity index is 1120. The molecule has 0 saturated heterocycles. The first-order valence-electron chi connectivity index (χ1n) is 10.5. The van der Waals surface area contributed by atoms with E-state index in [2.05, 4.69) is 103 Å². The van der Waals surface area contributed by atoms with E-state index in [0.717, 1.165) is 15.6 Å². The molecule has 4 aromatic carbocycles. The molecule has 0 spiro atoms. The minimum Gasteiger partial charge on any atom is -0.508 e. The van der Waals surface area contributed by atoms with Gasteiger partial charge < -0.3 is 5.11 Å². The molecule has 31 heavy (non-hydrogen) atoms. The van der Waals surface area contributed by atoms with Crippen molar-refractivity contribution in [2.24, 2.45) is 0 Å². The summed E-state index contributed by atoms with van der Waals surface area (Å²) >= 11 is 3.59. The molecule has 0 unspecified atom stereocenters. The van der Waals surface area contributed by atoms with E-state index in [4.69, 9.17) is 0 Å². The summed E-state index contributed by atoms with van der Waals surface area (Å²) in [6, 6.07) is 27.2. The maximum absolute atomic E-state index is 9.73. The van der Waals surface area contributed by atoms with Gasteiger partial charge in [-0.15, -0.1) is 0 Å². The number of phenolic OH excluding ortho intramolecular Hbond substituents is 1. The van der Waals surface area contributed by atoms with Gasteiger partial charge in [0.2, 0.25) is 0 Å². The molecule has 1 N–H and O–H groups in total. The van der Waals surface area contributed by atoms with Gasteiger partial charge in [-0.3, -0.25) is 0 Å². The van der Waals surface area contributed by atoms with E-state index < -0.39 is 0 Å². The molecule has 0 aromatic heterocycles. The lowest BCUT2D eigenvalue weighted by Gasteiger charge is -2.13. The summed E-state index contributed by atoms with van der Waals surface area (Å²) in [5.74, 6) is 0.361. The van der Waals surface area contributed by atoms with Crippen LogP contribution in [0.25, 0.3) is 22.3 Å². The predicted octanol–water partition coefficient (Wildman–Crippen LogP) is 8.72.